The number of nitro benzene ring substituents is 2. The molecule has 0 fully saturated rings. The molecule has 128 valence electrons. The summed E-state index contributed by atoms with van der Waals surface area (Å²) in [6.45, 7) is 3.57. The van der Waals surface area contributed by atoms with Gasteiger partial charge in [-0.3, -0.25) is 25.5 Å². The van der Waals surface area contributed by atoms with Gasteiger partial charge in [-0.25, -0.2) is 0 Å². The van der Waals surface area contributed by atoms with Crippen LogP contribution in [0, 0.1) is 20.2 Å². The number of nitro groups is 2. The summed E-state index contributed by atoms with van der Waals surface area (Å²) in [4.78, 5) is 19.9. The Bertz CT molecular complexity index is 607. The van der Waals surface area contributed by atoms with Crippen LogP contribution < -0.4 is 10.6 Å². The van der Waals surface area contributed by atoms with Crippen LogP contribution in [0.2, 0.25) is 0 Å². The smallest absolute Gasteiger partial charge is 0.377 e. The number of rotatable bonds is 7. The molecule has 1 rings (SSSR count). The monoisotopic (exact) mass is 336 g/mol. The highest BCUT2D eigenvalue weighted by molar-refractivity contribution is 5.84. The Hall–Kier alpha value is -2.59. The molecule has 1 atom stereocenters. The van der Waals surface area contributed by atoms with Crippen molar-refractivity contribution in [1.29, 1.82) is 0 Å². The summed E-state index contributed by atoms with van der Waals surface area (Å²) in [5.41, 5.74) is -3.45. The van der Waals surface area contributed by atoms with E-state index < -0.39 is 33.2 Å². The number of nitrogens with one attached hydrogen (secondary N) is 2. The summed E-state index contributed by atoms with van der Waals surface area (Å²) in [5.74, 6) is 0. The van der Waals surface area contributed by atoms with Crippen molar-refractivity contribution < 1.29 is 23.0 Å². The molecular weight excluding hydrogens is 321 g/mol. The number of anilines is 2. The molecule has 11 heteroatoms. The average molecular weight is 336 g/mol. The van der Waals surface area contributed by atoms with E-state index in [1.54, 1.807) is 6.92 Å². The van der Waals surface area contributed by atoms with Crippen molar-refractivity contribution in [2.75, 3.05) is 10.6 Å². The highest BCUT2D eigenvalue weighted by atomic mass is 19.4. The molecule has 0 aliphatic rings. The van der Waals surface area contributed by atoms with Crippen LogP contribution in [0.25, 0.3) is 0 Å². The molecule has 2 N–H and O–H groups in total. The van der Waals surface area contributed by atoms with Gasteiger partial charge >= 0.3 is 12.0 Å². The Morgan fingerprint density at radius 2 is 1.83 bits per heavy atom. The maximum Gasteiger partial charge on any atom is 0.482 e. The highest BCUT2D eigenvalue weighted by Gasteiger charge is 2.37. The molecule has 0 spiro atoms. The summed E-state index contributed by atoms with van der Waals surface area (Å²) in [5, 5.41) is 25.7. The van der Waals surface area contributed by atoms with Crippen molar-refractivity contribution in [2.45, 2.75) is 39.0 Å². The quantitative estimate of drug-likeness (QED) is 0.442. The third kappa shape index (κ3) is 4.97. The van der Waals surface area contributed by atoms with Gasteiger partial charge in [0.05, 0.1) is 9.85 Å². The molecular formula is C12H15F3N4O4. The number of hydrogen-bond acceptors (Lipinski definition) is 6. The zero-order valence-corrected chi connectivity index (χ0v) is 12.3. The first-order valence-electron chi connectivity index (χ1n) is 6.64. The first-order valence-corrected chi connectivity index (χ1v) is 6.64. The minimum Gasteiger partial charge on any atom is -0.377 e. The van der Waals surface area contributed by atoms with E-state index in [0.717, 1.165) is 23.9 Å². The fourth-order valence-electron chi connectivity index (χ4n) is 2.07. The molecule has 0 aromatic heterocycles. The van der Waals surface area contributed by atoms with E-state index in [4.69, 9.17) is 0 Å². The van der Waals surface area contributed by atoms with Crippen molar-refractivity contribution in [3.8, 4) is 0 Å². The Morgan fingerprint density at radius 1 is 1.22 bits per heavy atom. The summed E-state index contributed by atoms with van der Waals surface area (Å²) < 4.78 is 37.7. The van der Waals surface area contributed by atoms with Crippen LogP contribution in [0.15, 0.2) is 12.1 Å². The first-order chi connectivity index (χ1) is 10.6. The third-order valence-electron chi connectivity index (χ3n) is 2.93. The fourth-order valence-corrected chi connectivity index (χ4v) is 2.07. The van der Waals surface area contributed by atoms with Gasteiger partial charge < -0.3 is 5.32 Å². The minimum atomic E-state index is -5.05. The Balaban J connectivity index is 3.46. The van der Waals surface area contributed by atoms with Crippen LogP contribution in [-0.4, -0.2) is 22.2 Å². The van der Waals surface area contributed by atoms with E-state index in [-0.39, 0.29) is 11.7 Å². The zero-order valence-electron chi connectivity index (χ0n) is 12.3. The molecule has 0 aliphatic carbocycles. The van der Waals surface area contributed by atoms with Crippen LogP contribution in [0.1, 0.15) is 26.7 Å². The topological polar surface area (TPSA) is 110 Å². The maximum absolute atomic E-state index is 12.6. The number of benzene rings is 1. The van der Waals surface area contributed by atoms with Crippen molar-refractivity contribution in [1.82, 2.24) is 0 Å². The predicted molar refractivity (Wildman–Crippen MR) is 77.4 cm³/mol. The fraction of sp³-hybridized carbons (Fsp3) is 0.500. The molecule has 0 heterocycles. The molecule has 0 saturated heterocycles. The molecule has 0 amide bonds. The van der Waals surface area contributed by atoms with Gasteiger partial charge in [0.1, 0.15) is 5.69 Å². The van der Waals surface area contributed by atoms with Crippen LogP contribution in [0.5, 0.6) is 0 Å². The lowest BCUT2D eigenvalue weighted by atomic mass is 10.1. The molecule has 1 aromatic carbocycles. The van der Waals surface area contributed by atoms with Crippen molar-refractivity contribution >= 4 is 22.7 Å². The van der Waals surface area contributed by atoms with E-state index in [1.165, 1.54) is 0 Å². The van der Waals surface area contributed by atoms with Crippen LogP contribution in [-0.2, 0) is 0 Å². The van der Waals surface area contributed by atoms with E-state index in [0.29, 0.717) is 6.42 Å². The lowest BCUT2D eigenvalue weighted by Crippen LogP contribution is -2.23. The summed E-state index contributed by atoms with van der Waals surface area (Å²) in [7, 11) is 0. The van der Waals surface area contributed by atoms with Gasteiger partial charge in [0, 0.05) is 12.1 Å². The van der Waals surface area contributed by atoms with Gasteiger partial charge in [0.25, 0.3) is 5.69 Å². The third-order valence-corrected chi connectivity index (χ3v) is 2.93. The SMILES string of the molecule is CCCC(C)Nc1ccc([N+](=O)[O-])c(NC(F)(F)F)c1[N+](=O)[O-]. The second-order valence-corrected chi connectivity index (χ2v) is 4.83. The summed E-state index contributed by atoms with van der Waals surface area (Å²) in [6.07, 6.45) is -3.68. The molecule has 0 aliphatic heterocycles. The van der Waals surface area contributed by atoms with Gasteiger partial charge in [0.2, 0.25) is 5.69 Å². The molecule has 1 aromatic rings. The van der Waals surface area contributed by atoms with Crippen molar-refractivity contribution in [2.24, 2.45) is 0 Å². The first kappa shape index (κ1) is 18.5. The summed E-state index contributed by atoms with van der Waals surface area (Å²) in [6, 6.07) is 1.57. The number of nitrogens with zero attached hydrogens (tertiary/aromatic N) is 2. The van der Waals surface area contributed by atoms with Crippen molar-refractivity contribution in [3.63, 3.8) is 0 Å². The lowest BCUT2D eigenvalue weighted by Gasteiger charge is -2.17. The second-order valence-electron chi connectivity index (χ2n) is 4.83. The number of halogens is 3. The standard InChI is InChI=1S/C12H15F3N4O4/c1-3-4-7(2)16-8-5-6-9(18(20)21)10(11(8)19(22)23)17-12(13,14)15/h5-7,16-17H,3-4H2,1-2H3. The van der Waals surface area contributed by atoms with Gasteiger partial charge in [-0.05, 0) is 19.4 Å². The van der Waals surface area contributed by atoms with Gasteiger partial charge in [-0.1, -0.05) is 13.3 Å². The Morgan fingerprint density at radius 3 is 2.26 bits per heavy atom. The van der Waals surface area contributed by atoms with Crippen LogP contribution in [0.4, 0.5) is 35.9 Å². The second kappa shape index (κ2) is 7.11. The zero-order chi connectivity index (χ0) is 17.8. The summed E-state index contributed by atoms with van der Waals surface area (Å²) >= 11 is 0. The lowest BCUT2D eigenvalue weighted by molar-refractivity contribution is -0.392. The molecule has 23 heavy (non-hydrogen) atoms. The largest absolute Gasteiger partial charge is 0.482 e. The van der Waals surface area contributed by atoms with Crippen LogP contribution in [0.3, 0.4) is 0 Å². The van der Waals surface area contributed by atoms with Gasteiger partial charge in [-0.15, -0.1) is 0 Å². The molecule has 0 bridgehead atoms. The Labute approximate surface area is 129 Å². The number of hydrogen-bond donors (Lipinski definition) is 2. The van der Waals surface area contributed by atoms with E-state index in [9.17, 15) is 33.4 Å². The Kier molecular flexibility index (Phi) is 5.71. The molecule has 0 saturated carbocycles. The maximum atomic E-state index is 12.6. The minimum absolute atomic E-state index is 0.215. The van der Waals surface area contributed by atoms with Gasteiger partial charge in [-0.2, -0.15) is 13.2 Å². The number of alkyl halides is 3. The van der Waals surface area contributed by atoms with Crippen molar-refractivity contribution in [3.05, 3.63) is 32.4 Å². The van der Waals surface area contributed by atoms with E-state index >= 15 is 0 Å². The van der Waals surface area contributed by atoms with E-state index in [2.05, 4.69) is 5.32 Å². The van der Waals surface area contributed by atoms with Crippen LogP contribution >= 0.6 is 0 Å². The van der Waals surface area contributed by atoms with E-state index in [1.807, 2.05) is 6.92 Å². The average Bonchev–Trinajstić information content (AvgIpc) is 2.36. The molecule has 8 nitrogen and oxygen atoms in total. The molecule has 0 radical (unpaired) electrons. The predicted octanol–water partition coefficient (Wildman–Crippen LogP) is 4.04. The normalized spacial score (nSPS) is 12.6. The molecule has 1 unspecified atom stereocenters. The highest BCUT2D eigenvalue weighted by Crippen LogP contribution is 2.42. The van der Waals surface area contributed by atoms with Gasteiger partial charge in [0.15, 0.2) is 0 Å².